The van der Waals surface area contributed by atoms with Gasteiger partial charge in [0.2, 0.25) is 0 Å². The van der Waals surface area contributed by atoms with Crippen LogP contribution in [0, 0.1) is 5.41 Å². The van der Waals surface area contributed by atoms with E-state index in [1.165, 1.54) is 5.56 Å². The normalized spacial score (nSPS) is 10.7. The first-order chi connectivity index (χ1) is 11.7. The molecule has 3 N–H and O–H groups in total. The van der Waals surface area contributed by atoms with Gasteiger partial charge in [0, 0.05) is 30.3 Å². The zero-order valence-corrected chi connectivity index (χ0v) is 13.9. The fourth-order valence-electron chi connectivity index (χ4n) is 2.78. The molecule has 0 fully saturated rings. The maximum absolute atomic E-state index is 7.47. The molecule has 0 atom stereocenters. The number of nitrogens with two attached hydrogens (primary N) is 1. The van der Waals surface area contributed by atoms with E-state index in [1.807, 2.05) is 30.3 Å². The summed E-state index contributed by atoms with van der Waals surface area (Å²) in [5.74, 6) is 1.18. The van der Waals surface area contributed by atoms with Gasteiger partial charge in [-0.25, -0.2) is 4.98 Å². The monoisotopic (exact) mass is 318 g/mol. The van der Waals surface area contributed by atoms with Crippen LogP contribution >= 0.6 is 0 Å². The number of imidazole rings is 1. The second-order valence-electron chi connectivity index (χ2n) is 5.82. The van der Waals surface area contributed by atoms with E-state index in [1.54, 1.807) is 0 Å². The molecule has 122 valence electrons. The maximum Gasteiger partial charge on any atom is 0.122 e. The van der Waals surface area contributed by atoms with Crippen LogP contribution in [0.15, 0.2) is 60.8 Å². The number of aromatic nitrogens is 2. The SMILES string of the molecule is CCc1nc(-c2ccc(C(=N)N)cc2)cn1CCc1ccccc1. The van der Waals surface area contributed by atoms with Crippen molar-refractivity contribution in [1.29, 1.82) is 5.41 Å². The highest BCUT2D eigenvalue weighted by molar-refractivity contribution is 5.95. The minimum atomic E-state index is 0.0872. The summed E-state index contributed by atoms with van der Waals surface area (Å²) < 4.78 is 2.24. The van der Waals surface area contributed by atoms with Crippen LogP contribution in [0.2, 0.25) is 0 Å². The van der Waals surface area contributed by atoms with E-state index < -0.39 is 0 Å². The molecule has 24 heavy (non-hydrogen) atoms. The lowest BCUT2D eigenvalue weighted by Crippen LogP contribution is -2.10. The van der Waals surface area contributed by atoms with Crippen molar-refractivity contribution in [1.82, 2.24) is 9.55 Å². The number of hydrogen-bond donors (Lipinski definition) is 2. The quantitative estimate of drug-likeness (QED) is 0.538. The Balaban J connectivity index is 1.80. The molecule has 0 bridgehead atoms. The highest BCUT2D eigenvalue weighted by atomic mass is 15.1. The molecule has 1 heterocycles. The summed E-state index contributed by atoms with van der Waals surface area (Å²) in [7, 11) is 0. The van der Waals surface area contributed by atoms with Crippen LogP contribution in [-0.2, 0) is 19.4 Å². The number of benzene rings is 2. The maximum atomic E-state index is 7.47. The molecule has 4 heteroatoms. The topological polar surface area (TPSA) is 67.7 Å². The number of amidine groups is 1. The lowest BCUT2D eigenvalue weighted by molar-refractivity contribution is 0.656. The lowest BCUT2D eigenvalue weighted by Gasteiger charge is -2.06. The van der Waals surface area contributed by atoms with E-state index in [2.05, 4.69) is 42.0 Å². The fraction of sp³-hybridized carbons (Fsp3) is 0.200. The van der Waals surface area contributed by atoms with Crippen molar-refractivity contribution in [2.24, 2.45) is 5.73 Å². The van der Waals surface area contributed by atoms with Gasteiger partial charge in [0.1, 0.15) is 11.7 Å². The van der Waals surface area contributed by atoms with Gasteiger partial charge in [-0.1, -0.05) is 61.5 Å². The molecule has 0 saturated heterocycles. The van der Waals surface area contributed by atoms with E-state index in [0.29, 0.717) is 0 Å². The average Bonchev–Trinajstić information content (AvgIpc) is 3.04. The molecule has 0 aliphatic carbocycles. The number of aryl methyl sites for hydroxylation is 3. The van der Waals surface area contributed by atoms with E-state index in [9.17, 15) is 0 Å². The van der Waals surface area contributed by atoms with Gasteiger partial charge in [-0.05, 0) is 12.0 Å². The lowest BCUT2D eigenvalue weighted by atomic mass is 10.1. The Hall–Kier alpha value is -2.88. The Bertz CT molecular complexity index is 817. The zero-order valence-electron chi connectivity index (χ0n) is 13.9. The molecule has 0 spiro atoms. The Kier molecular flexibility index (Phi) is 4.75. The minimum absolute atomic E-state index is 0.0872. The third-order valence-corrected chi connectivity index (χ3v) is 4.15. The van der Waals surface area contributed by atoms with E-state index in [4.69, 9.17) is 16.1 Å². The molecule has 2 aromatic carbocycles. The molecule has 0 amide bonds. The molecule has 3 aromatic rings. The van der Waals surface area contributed by atoms with Gasteiger partial charge in [0.05, 0.1) is 5.69 Å². The molecule has 4 nitrogen and oxygen atoms in total. The van der Waals surface area contributed by atoms with Crippen LogP contribution in [0.5, 0.6) is 0 Å². The van der Waals surface area contributed by atoms with Crippen LogP contribution in [-0.4, -0.2) is 15.4 Å². The molecular weight excluding hydrogens is 296 g/mol. The van der Waals surface area contributed by atoms with Crippen molar-refractivity contribution in [2.75, 3.05) is 0 Å². The van der Waals surface area contributed by atoms with Gasteiger partial charge in [-0.15, -0.1) is 0 Å². The third kappa shape index (κ3) is 3.54. The predicted octanol–water partition coefficient (Wildman–Crippen LogP) is 3.64. The fourth-order valence-corrected chi connectivity index (χ4v) is 2.78. The van der Waals surface area contributed by atoms with Crippen molar-refractivity contribution in [2.45, 2.75) is 26.3 Å². The number of rotatable bonds is 6. The van der Waals surface area contributed by atoms with Crippen molar-refractivity contribution in [3.63, 3.8) is 0 Å². The van der Waals surface area contributed by atoms with Crippen molar-refractivity contribution >= 4 is 5.84 Å². The van der Waals surface area contributed by atoms with E-state index in [0.717, 1.165) is 42.0 Å². The van der Waals surface area contributed by atoms with Crippen molar-refractivity contribution < 1.29 is 0 Å². The van der Waals surface area contributed by atoms with Gasteiger partial charge < -0.3 is 10.3 Å². The van der Waals surface area contributed by atoms with Crippen LogP contribution in [0.1, 0.15) is 23.9 Å². The molecule has 1 aromatic heterocycles. The number of hydrogen-bond acceptors (Lipinski definition) is 2. The first kappa shape index (κ1) is 16.0. The largest absolute Gasteiger partial charge is 0.384 e. The Morgan fingerprint density at radius 3 is 2.42 bits per heavy atom. The predicted molar refractivity (Wildman–Crippen MR) is 98.2 cm³/mol. The summed E-state index contributed by atoms with van der Waals surface area (Å²) in [6.45, 7) is 3.05. The molecule has 0 radical (unpaired) electrons. The highest BCUT2D eigenvalue weighted by Crippen LogP contribution is 2.20. The number of nitrogens with one attached hydrogen (secondary N) is 1. The van der Waals surface area contributed by atoms with Gasteiger partial charge in [0.25, 0.3) is 0 Å². The van der Waals surface area contributed by atoms with Crippen molar-refractivity contribution in [3.8, 4) is 11.3 Å². The summed E-state index contributed by atoms with van der Waals surface area (Å²) in [6.07, 6.45) is 4.01. The molecule has 0 saturated carbocycles. The van der Waals surface area contributed by atoms with Crippen LogP contribution < -0.4 is 5.73 Å². The Labute approximate surface area is 142 Å². The van der Waals surface area contributed by atoms with Gasteiger partial charge in [-0.3, -0.25) is 5.41 Å². The summed E-state index contributed by atoms with van der Waals surface area (Å²) in [5, 5.41) is 7.47. The molecular formula is C20H22N4. The Morgan fingerprint density at radius 1 is 1.08 bits per heavy atom. The summed E-state index contributed by atoms with van der Waals surface area (Å²) in [6, 6.07) is 18.2. The standard InChI is InChI=1S/C20H22N4/c1-2-19-23-18(16-8-10-17(11-9-16)20(21)22)14-24(19)13-12-15-6-4-3-5-7-15/h3-11,14H,2,12-13H2,1H3,(H3,21,22). The number of nitrogens with zero attached hydrogens (tertiary/aromatic N) is 2. The summed E-state index contributed by atoms with van der Waals surface area (Å²) in [4.78, 5) is 4.76. The molecule has 3 rings (SSSR count). The molecule has 0 unspecified atom stereocenters. The average molecular weight is 318 g/mol. The van der Waals surface area contributed by atoms with Crippen LogP contribution in [0.4, 0.5) is 0 Å². The summed E-state index contributed by atoms with van der Waals surface area (Å²) >= 11 is 0. The second kappa shape index (κ2) is 7.13. The van der Waals surface area contributed by atoms with Gasteiger partial charge in [-0.2, -0.15) is 0 Å². The van der Waals surface area contributed by atoms with Crippen LogP contribution in [0.25, 0.3) is 11.3 Å². The zero-order chi connectivity index (χ0) is 16.9. The van der Waals surface area contributed by atoms with Crippen molar-refractivity contribution in [3.05, 3.63) is 77.7 Å². The highest BCUT2D eigenvalue weighted by Gasteiger charge is 2.09. The molecule has 0 aliphatic rings. The minimum Gasteiger partial charge on any atom is -0.384 e. The van der Waals surface area contributed by atoms with E-state index in [-0.39, 0.29) is 5.84 Å². The van der Waals surface area contributed by atoms with E-state index >= 15 is 0 Å². The van der Waals surface area contributed by atoms with Gasteiger partial charge in [0.15, 0.2) is 0 Å². The van der Waals surface area contributed by atoms with Crippen LogP contribution in [0.3, 0.4) is 0 Å². The molecule has 0 aliphatic heterocycles. The van der Waals surface area contributed by atoms with Gasteiger partial charge >= 0.3 is 0 Å². The second-order valence-corrected chi connectivity index (χ2v) is 5.82. The smallest absolute Gasteiger partial charge is 0.122 e. The third-order valence-electron chi connectivity index (χ3n) is 4.15. The first-order valence-electron chi connectivity index (χ1n) is 8.22. The first-order valence-corrected chi connectivity index (χ1v) is 8.22. The number of nitrogen functional groups attached to an aromatic ring is 1. The Morgan fingerprint density at radius 2 is 1.79 bits per heavy atom. The summed E-state index contributed by atoms with van der Waals surface area (Å²) in [5.41, 5.74) is 9.60.